The van der Waals surface area contributed by atoms with E-state index in [-0.39, 0.29) is 42.5 Å². The summed E-state index contributed by atoms with van der Waals surface area (Å²) in [5.41, 5.74) is 1.44. The van der Waals surface area contributed by atoms with E-state index in [0.717, 1.165) is 5.56 Å². The Hall–Kier alpha value is -2.58. The molecule has 0 bridgehead atoms. The van der Waals surface area contributed by atoms with Gasteiger partial charge in [0.2, 0.25) is 15.9 Å². The molecule has 1 aromatic carbocycles. The van der Waals surface area contributed by atoms with E-state index >= 15 is 0 Å². The smallest absolute Gasteiger partial charge is 0.242 e. The molecule has 0 spiro atoms. The maximum atomic E-state index is 12.5. The molecular weight excluding hydrogens is 366 g/mol. The number of sulfonamides is 1. The third kappa shape index (κ3) is 5.97. The van der Waals surface area contributed by atoms with Gasteiger partial charge in [-0.2, -0.15) is 4.31 Å². The highest BCUT2D eigenvalue weighted by Gasteiger charge is 2.20. The zero-order chi connectivity index (χ0) is 19.9. The molecule has 0 fully saturated rings. The van der Waals surface area contributed by atoms with Crippen molar-refractivity contribution >= 4 is 21.7 Å². The van der Waals surface area contributed by atoms with Crippen LogP contribution in [0.5, 0.6) is 0 Å². The van der Waals surface area contributed by atoms with Gasteiger partial charge in [-0.1, -0.05) is 17.7 Å². The van der Waals surface area contributed by atoms with Gasteiger partial charge in [0.1, 0.15) is 0 Å². The maximum Gasteiger partial charge on any atom is 0.242 e. The predicted molar refractivity (Wildman–Crippen MR) is 102 cm³/mol. The number of hydrogen-bond acceptors (Lipinski definition) is 5. The topological polar surface area (TPSA) is 96.4 Å². The molecule has 0 saturated carbocycles. The van der Waals surface area contributed by atoms with E-state index in [2.05, 4.69) is 10.3 Å². The van der Waals surface area contributed by atoms with Crippen molar-refractivity contribution in [2.75, 3.05) is 20.1 Å². The molecule has 27 heavy (non-hydrogen) atoms. The minimum atomic E-state index is -3.59. The van der Waals surface area contributed by atoms with Gasteiger partial charge in [0.05, 0.1) is 4.90 Å². The first-order valence-corrected chi connectivity index (χ1v) is 9.97. The predicted octanol–water partition coefficient (Wildman–Crippen LogP) is 1.79. The third-order valence-electron chi connectivity index (χ3n) is 4.04. The number of aromatic nitrogens is 1. The normalized spacial score (nSPS) is 11.4. The van der Waals surface area contributed by atoms with Gasteiger partial charge in [-0.15, -0.1) is 0 Å². The summed E-state index contributed by atoms with van der Waals surface area (Å²) in [6, 6.07) is 9.91. The molecule has 0 saturated heterocycles. The van der Waals surface area contributed by atoms with Crippen molar-refractivity contribution in [3.05, 3.63) is 59.9 Å². The summed E-state index contributed by atoms with van der Waals surface area (Å²) >= 11 is 0. The Morgan fingerprint density at radius 3 is 2.44 bits per heavy atom. The van der Waals surface area contributed by atoms with Crippen molar-refractivity contribution < 1.29 is 18.0 Å². The zero-order valence-corrected chi connectivity index (χ0v) is 16.2. The standard InChI is InChI=1S/C19H23N3O4S/c1-15-5-7-17(8-6-15)27(25,26)22(2)13-12-21-19(24)10-9-18(23)16-4-3-11-20-14-16/h3-8,11,14H,9-10,12-13H2,1-2H3,(H,21,24). The molecule has 144 valence electrons. The number of nitrogens with one attached hydrogen (secondary N) is 1. The molecule has 0 aliphatic carbocycles. The number of carbonyl (C=O) groups excluding carboxylic acids is 2. The second kappa shape index (κ2) is 9.38. The number of pyridine rings is 1. The summed E-state index contributed by atoms with van der Waals surface area (Å²) in [6.07, 6.45) is 3.16. The number of rotatable bonds is 9. The Kier molecular flexibility index (Phi) is 7.20. The number of Topliss-reactive ketones (excluding diaryl/α,β-unsaturated/α-hetero) is 1. The van der Waals surface area contributed by atoms with Gasteiger partial charge in [-0.3, -0.25) is 14.6 Å². The summed E-state index contributed by atoms with van der Waals surface area (Å²) in [5.74, 6) is -0.453. The number of carbonyl (C=O) groups is 2. The molecule has 0 aliphatic rings. The summed E-state index contributed by atoms with van der Waals surface area (Å²) < 4.78 is 26.1. The molecule has 1 heterocycles. The van der Waals surface area contributed by atoms with Gasteiger partial charge >= 0.3 is 0 Å². The Morgan fingerprint density at radius 2 is 1.81 bits per heavy atom. The van der Waals surface area contributed by atoms with Crippen molar-refractivity contribution in [2.24, 2.45) is 0 Å². The highest BCUT2D eigenvalue weighted by atomic mass is 32.2. The van der Waals surface area contributed by atoms with E-state index in [1.165, 1.54) is 17.5 Å². The fraction of sp³-hybridized carbons (Fsp3) is 0.316. The average molecular weight is 389 g/mol. The van der Waals surface area contributed by atoms with Crippen molar-refractivity contribution in [3.8, 4) is 0 Å². The van der Waals surface area contributed by atoms with Crippen molar-refractivity contribution in [1.29, 1.82) is 0 Å². The van der Waals surface area contributed by atoms with Gasteiger partial charge < -0.3 is 5.32 Å². The van der Waals surface area contributed by atoms with Crippen molar-refractivity contribution in [1.82, 2.24) is 14.6 Å². The fourth-order valence-electron chi connectivity index (χ4n) is 2.35. The number of ketones is 1. The van der Waals surface area contributed by atoms with Gasteiger partial charge in [0.15, 0.2) is 5.78 Å². The van der Waals surface area contributed by atoms with Crippen LogP contribution < -0.4 is 5.32 Å². The lowest BCUT2D eigenvalue weighted by molar-refractivity contribution is -0.121. The van der Waals surface area contributed by atoms with E-state index < -0.39 is 10.0 Å². The molecule has 1 amide bonds. The third-order valence-corrected chi connectivity index (χ3v) is 5.91. The lowest BCUT2D eigenvalue weighted by Crippen LogP contribution is -2.36. The van der Waals surface area contributed by atoms with Gasteiger partial charge in [-0.05, 0) is 31.2 Å². The number of likely N-dealkylation sites (N-methyl/N-ethyl adjacent to an activating group) is 1. The fourth-order valence-corrected chi connectivity index (χ4v) is 3.52. The van der Waals surface area contributed by atoms with Gasteiger partial charge in [-0.25, -0.2) is 8.42 Å². The van der Waals surface area contributed by atoms with E-state index in [9.17, 15) is 18.0 Å². The summed E-state index contributed by atoms with van der Waals surface area (Å²) in [5, 5.41) is 2.64. The molecule has 8 heteroatoms. The van der Waals surface area contributed by atoms with Crippen LogP contribution in [0.25, 0.3) is 0 Å². The van der Waals surface area contributed by atoms with Crippen LogP contribution in [-0.4, -0.2) is 49.5 Å². The molecule has 2 aromatic rings. The first-order valence-electron chi connectivity index (χ1n) is 8.53. The summed E-state index contributed by atoms with van der Waals surface area (Å²) in [7, 11) is -2.13. The van der Waals surface area contributed by atoms with E-state index in [1.54, 1.807) is 42.6 Å². The highest BCUT2D eigenvalue weighted by Crippen LogP contribution is 2.14. The van der Waals surface area contributed by atoms with Crippen molar-refractivity contribution in [2.45, 2.75) is 24.7 Å². The summed E-state index contributed by atoms with van der Waals surface area (Å²) in [4.78, 5) is 27.9. The number of amides is 1. The van der Waals surface area contributed by atoms with Crippen LogP contribution >= 0.6 is 0 Å². The minimum absolute atomic E-state index is 0.0438. The Morgan fingerprint density at radius 1 is 1.11 bits per heavy atom. The highest BCUT2D eigenvalue weighted by molar-refractivity contribution is 7.89. The van der Waals surface area contributed by atoms with Crippen LogP contribution in [0.2, 0.25) is 0 Å². The van der Waals surface area contributed by atoms with Crippen LogP contribution in [0.3, 0.4) is 0 Å². The van der Waals surface area contributed by atoms with Crippen LogP contribution in [0.4, 0.5) is 0 Å². The zero-order valence-electron chi connectivity index (χ0n) is 15.4. The van der Waals surface area contributed by atoms with E-state index in [0.29, 0.717) is 5.56 Å². The molecule has 7 nitrogen and oxygen atoms in total. The van der Waals surface area contributed by atoms with E-state index in [4.69, 9.17) is 0 Å². The molecule has 0 radical (unpaired) electrons. The molecular formula is C19H23N3O4S. The van der Waals surface area contributed by atoms with Crippen LogP contribution in [-0.2, 0) is 14.8 Å². The Balaban J connectivity index is 1.77. The van der Waals surface area contributed by atoms with Crippen LogP contribution in [0, 0.1) is 6.92 Å². The van der Waals surface area contributed by atoms with Crippen molar-refractivity contribution in [3.63, 3.8) is 0 Å². The first kappa shape index (κ1) is 20.7. The average Bonchev–Trinajstić information content (AvgIpc) is 2.67. The monoisotopic (exact) mass is 389 g/mol. The lowest BCUT2D eigenvalue weighted by atomic mass is 10.1. The Labute approximate surface area is 159 Å². The van der Waals surface area contributed by atoms with Gasteiger partial charge in [0.25, 0.3) is 0 Å². The number of benzene rings is 1. The number of aryl methyl sites for hydroxylation is 1. The van der Waals surface area contributed by atoms with Crippen LogP contribution in [0.15, 0.2) is 53.7 Å². The molecule has 1 aromatic heterocycles. The van der Waals surface area contributed by atoms with Crippen LogP contribution in [0.1, 0.15) is 28.8 Å². The largest absolute Gasteiger partial charge is 0.355 e. The molecule has 1 N–H and O–H groups in total. The number of nitrogens with zero attached hydrogens (tertiary/aromatic N) is 2. The minimum Gasteiger partial charge on any atom is -0.355 e. The van der Waals surface area contributed by atoms with E-state index in [1.807, 2.05) is 6.92 Å². The summed E-state index contributed by atoms with van der Waals surface area (Å²) in [6.45, 7) is 2.19. The Bertz CT molecular complexity index is 881. The molecule has 0 atom stereocenters. The second-order valence-corrected chi connectivity index (χ2v) is 8.20. The number of hydrogen-bond donors (Lipinski definition) is 1. The molecule has 2 rings (SSSR count). The SMILES string of the molecule is Cc1ccc(S(=O)(=O)N(C)CCNC(=O)CCC(=O)c2cccnc2)cc1. The maximum absolute atomic E-state index is 12.5. The molecule has 0 unspecified atom stereocenters. The van der Waals surface area contributed by atoms with Gasteiger partial charge in [0, 0.05) is 50.9 Å². The molecule has 0 aliphatic heterocycles. The first-order chi connectivity index (χ1) is 12.8. The second-order valence-electron chi connectivity index (χ2n) is 6.15. The quantitative estimate of drug-likeness (QED) is 0.660. The lowest BCUT2D eigenvalue weighted by Gasteiger charge is -2.17.